The monoisotopic (exact) mass is 253 g/mol. The normalized spacial score (nSPS) is 13.8. The predicted molar refractivity (Wildman–Crippen MR) is 67.2 cm³/mol. The summed E-state index contributed by atoms with van der Waals surface area (Å²) >= 11 is 0. The van der Waals surface area contributed by atoms with E-state index < -0.39 is 0 Å². The smallest absolute Gasteiger partial charge is 0.263 e. The van der Waals surface area contributed by atoms with E-state index in [2.05, 4.69) is 0 Å². The summed E-state index contributed by atoms with van der Waals surface area (Å²) in [6.07, 6.45) is 3.34. The van der Waals surface area contributed by atoms with Gasteiger partial charge < -0.3 is 9.98 Å². The number of nitrogens with one attached hydrogen (secondary N) is 1. The van der Waals surface area contributed by atoms with E-state index in [0.29, 0.717) is 16.5 Å². The van der Waals surface area contributed by atoms with E-state index >= 15 is 0 Å². The van der Waals surface area contributed by atoms with E-state index in [1.165, 1.54) is 4.90 Å². The number of rotatable bonds is 2. The van der Waals surface area contributed by atoms with Gasteiger partial charge in [0.05, 0.1) is 16.5 Å². The zero-order chi connectivity index (χ0) is 13.4. The average molecular weight is 253 g/mol. The molecule has 0 unspecified atom stereocenters. The molecule has 0 saturated carbocycles. The second kappa shape index (κ2) is 4.20. The fourth-order valence-electron chi connectivity index (χ4n) is 2.08. The van der Waals surface area contributed by atoms with Crippen molar-refractivity contribution in [3.8, 4) is 0 Å². The van der Waals surface area contributed by atoms with Crippen molar-refractivity contribution in [3.05, 3.63) is 65.3 Å². The van der Waals surface area contributed by atoms with Crippen LogP contribution in [0.15, 0.2) is 48.8 Å². The molecule has 0 radical (unpaired) electrons. The minimum atomic E-state index is -0.275. The van der Waals surface area contributed by atoms with Gasteiger partial charge in [0, 0.05) is 12.4 Å². The van der Waals surface area contributed by atoms with Crippen molar-refractivity contribution in [2.24, 2.45) is 0 Å². The fraction of sp³-hybridized carbons (Fsp3) is 0.0714. The van der Waals surface area contributed by atoms with Gasteiger partial charge in [-0.1, -0.05) is 12.1 Å². The lowest BCUT2D eigenvalue weighted by Crippen LogP contribution is -2.32. The van der Waals surface area contributed by atoms with Crippen LogP contribution in [0.5, 0.6) is 0 Å². The Morgan fingerprint density at radius 2 is 1.42 bits per heavy atom. The van der Waals surface area contributed by atoms with Gasteiger partial charge in [0.15, 0.2) is 0 Å². The number of imide groups is 1. The summed E-state index contributed by atoms with van der Waals surface area (Å²) in [7, 11) is 0. The molecule has 1 aliphatic rings. The Hall–Kier alpha value is -2.69. The first-order valence-electron chi connectivity index (χ1n) is 5.83. The van der Waals surface area contributed by atoms with Gasteiger partial charge in [0.25, 0.3) is 11.8 Å². The van der Waals surface area contributed by atoms with E-state index in [-0.39, 0.29) is 18.5 Å². The molecule has 0 fully saturated rings. The lowest BCUT2D eigenvalue weighted by atomic mass is 10.1. The summed E-state index contributed by atoms with van der Waals surface area (Å²) in [6, 6.07) is 10.0. The Morgan fingerprint density at radius 3 is 1.95 bits per heavy atom. The van der Waals surface area contributed by atoms with Crippen LogP contribution in [0.4, 0.5) is 0 Å². The highest BCUT2D eigenvalue weighted by Gasteiger charge is 2.34. The van der Waals surface area contributed by atoms with Crippen LogP contribution in [0.1, 0.15) is 20.7 Å². The fourth-order valence-corrected chi connectivity index (χ4v) is 2.08. The highest BCUT2D eigenvalue weighted by atomic mass is 16.2. The Labute approximate surface area is 109 Å². The Morgan fingerprint density at radius 1 is 0.895 bits per heavy atom. The maximum absolute atomic E-state index is 12.1. The zero-order valence-corrected chi connectivity index (χ0v) is 10.0. The maximum atomic E-state index is 12.1. The lowest BCUT2D eigenvalue weighted by molar-refractivity contribution is 0.0605. The second-order valence-electron chi connectivity index (χ2n) is 4.33. The summed E-state index contributed by atoms with van der Waals surface area (Å²) in [4.78, 5) is 25.5. The number of carbonyl (C=O) groups is 2. The number of hydrogen-bond donors (Lipinski definition) is 1. The van der Waals surface area contributed by atoms with Crippen LogP contribution in [0, 0.1) is 5.41 Å². The molecular formula is C14H11N3O2. The third-order valence-corrected chi connectivity index (χ3v) is 3.07. The van der Waals surface area contributed by atoms with Gasteiger partial charge in [-0.2, -0.15) is 0 Å². The molecule has 1 aromatic carbocycles. The first kappa shape index (κ1) is 11.4. The van der Waals surface area contributed by atoms with Gasteiger partial charge in [0.2, 0.25) is 0 Å². The number of aromatic nitrogens is 1. The highest BCUT2D eigenvalue weighted by Crippen LogP contribution is 2.22. The van der Waals surface area contributed by atoms with E-state index in [1.807, 2.05) is 0 Å². The van der Waals surface area contributed by atoms with Gasteiger partial charge in [0.1, 0.15) is 6.67 Å². The van der Waals surface area contributed by atoms with Gasteiger partial charge in [-0.05, 0) is 24.3 Å². The first-order chi connectivity index (χ1) is 9.16. The van der Waals surface area contributed by atoms with Crippen molar-refractivity contribution in [1.29, 1.82) is 5.41 Å². The summed E-state index contributed by atoms with van der Waals surface area (Å²) in [5, 5.41) is 7.79. The summed E-state index contributed by atoms with van der Waals surface area (Å²) in [6.45, 7) is 0.159. The minimum Gasteiger partial charge on any atom is -0.336 e. The van der Waals surface area contributed by atoms with Crippen LogP contribution < -0.4 is 5.36 Å². The van der Waals surface area contributed by atoms with E-state index in [1.54, 1.807) is 53.4 Å². The second-order valence-corrected chi connectivity index (χ2v) is 4.33. The van der Waals surface area contributed by atoms with Gasteiger partial charge in [-0.25, -0.2) is 0 Å². The van der Waals surface area contributed by atoms with Gasteiger partial charge in [-0.15, -0.1) is 0 Å². The van der Waals surface area contributed by atoms with Crippen LogP contribution >= 0.6 is 0 Å². The van der Waals surface area contributed by atoms with Crippen molar-refractivity contribution < 1.29 is 9.59 Å². The molecule has 0 saturated heterocycles. The molecule has 0 spiro atoms. The summed E-state index contributed by atoms with van der Waals surface area (Å²) in [5.74, 6) is -0.550. The number of benzene rings is 1. The minimum absolute atomic E-state index is 0.159. The molecule has 2 heterocycles. The molecular weight excluding hydrogens is 242 g/mol. The van der Waals surface area contributed by atoms with Crippen molar-refractivity contribution in [2.75, 3.05) is 0 Å². The summed E-state index contributed by atoms with van der Waals surface area (Å²) < 4.78 is 1.69. The Bertz CT molecular complexity index is 678. The molecule has 5 nitrogen and oxygen atoms in total. The third-order valence-electron chi connectivity index (χ3n) is 3.07. The molecule has 1 aromatic heterocycles. The molecule has 2 aromatic rings. The molecule has 2 amide bonds. The topological polar surface area (TPSA) is 66.2 Å². The standard InChI is InChI=1S/C14H11N3O2/c15-10-5-7-16(8-6-10)9-17-13(18)11-3-1-2-4-12(11)14(17)19/h1-8,15H,9H2. The van der Waals surface area contributed by atoms with Crippen molar-refractivity contribution in [1.82, 2.24) is 9.47 Å². The molecule has 3 rings (SSSR count). The number of amides is 2. The van der Waals surface area contributed by atoms with Crippen LogP contribution in [0.3, 0.4) is 0 Å². The number of hydrogen-bond acceptors (Lipinski definition) is 3. The zero-order valence-electron chi connectivity index (χ0n) is 10.0. The third kappa shape index (κ3) is 1.85. The largest absolute Gasteiger partial charge is 0.336 e. The predicted octanol–water partition coefficient (Wildman–Crippen LogP) is 1.22. The average Bonchev–Trinajstić information content (AvgIpc) is 2.67. The lowest BCUT2D eigenvalue weighted by Gasteiger charge is -2.15. The van der Waals surface area contributed by atoms with Crippen LogP contribution in [0.25, 0.3) is 0 Å². The molecule has 0 bridgehead atoms. The maximum Gasteiger partial charge on any atom is 0.263 e. The Kier molecular flexibility index (Phi) is 2.52. The quantitative estimate of drug-likeness (QED) is 0.818. The van der Waals surface area contributed by atoms with Gasteiger partial charge in [-0.3, -0.25) is 14.5 Å². The van der Waals surface area contributed by atoms with E-state index in [9.17, 15) is 9.59 Å². The van der Waals surface area contributed by atoms with Crippen LogP contribution in [-0.4, -0.2) is 21.3 Å². The number of fused-ring (bicyclic) bond motifs is 1. The number of nitrogens with zero attached hydrogens (tertiary/aromatic N) is 2. The SMILES string of the molecule is N=c1ccn(CN2C(=O)c3ccccc3C2=O)cc1. The van der Waals surface area contributed by atoms with Gasteiger partial charge >= 0.3 is 0 Å². The van der Waals surface area contributed by atoms with Crippen LogP contribution in [-0.2, 0) is 6.67 Å². The number of carbonyl (C=O) groups excluding carboxylic acids is 2. The van der Waals surface area contributed by atoms with Crippen molar-refractivity contribution in [2.45, 2.75) is 6.67 Å². The molecule has 0 atom stereocenters. The molecule has 19 heavy (non-hydrogen) atoms. The molecule has 0 aliphatic carbocycles. The Balaban J connectivity index is 1.92. The van der Waals surface area contributed by atoms with E-state index in [4.69, 9.17) is 5.41 Å². The van der Waals surface area contributed by atoms with Crippen molar-refractivity contribution in [3.63, 3.8) is 0 Å². The molecule has 1 aliphatic heterocycles. The summed E-state index contributed by atoms with van der Waals surface area (Å²) in [5.41, 5.74) is 0.899. The molecule has 94 valence electrons. The highest BCUT2D eigenvalue weighted by molar-refractivity contribution is 6.21. The molecule has 1 N–H and O–H groups in total. The first-order valence-corrected chi connectivity index (χ1v) is 5.83. The van der Waals surface area contributed by atoms with Crippen molar-refractivity contribution >= 4 is 11.8 Å². The molecule has 5 heteroatoms. The van der Waals surface area contributed by atoms with Crippen LogP contribution in [0.2, 0.25) is 0 Å². The number of pyridine rings is 1. The van der Waals surface area contributed by atoms with E-state index in [0.717, 1.165) is 0 Å².